The number of urea groups is 1. The summed E-state index contributed by atoms with van der Waals surface area (Å²) in [5.41, 5.74) is 0.890. The highest BCUT2D eigenvalue weighted by Crippen LogP contribution is 2.24. The maximum absolute atomic E-state index is 12.6. The van der Waals surface area contributed by atoms with Gasteiger partial charge in [-0.3, -0.25) is 14.5 Å². The van der Waals surface area contributed by atoms with E-state index in [2.05, 4.69) is 20.6 Å². The van der Waals surface area contributed by atoms with E-state index in [1.54, 1.807) is 25.1 Å². The molecule has 1 aromatic heterocycles. The molecule has 1 aliphatic rings. The van der Waals surface area contributed by atoms with Crippen molar-refractivity contribution < 1.29 is 14.4 Å². The van der Waals surface area contributed by atoms with Crippen LogP contribution >= 0.6 is 0 Å². The van der Waals surface area contributed by atoms with Crippen LogP contribution in [0.1, 0.15) is 45.2 Å². The number of carbonyl (C=O) groups is 3. The highest BCUT2D eigenvalue weighted by atomic mass is 16.2. The van der Waals surface area contributed by atoms with E-state index in [-0.39, 0.29) is 24.2 Å². The van der Waals surface area contributed by atoms with E-state index in [1.165, 1.54) is 0 Å². The number of nitrogens with one attached hydrogen (secondary N) is 4. The van der Waals surface area contributed by atoms with Gasteiger partial charge < -0.3 is 20.6 Å². The van der Waals surface area contributed by atoms with Gasteiger partial charge in [0.1, 0.15) is 12.1 Å². The first kappa shape index (κ1) is 18.7. The molecular weight excluding hydrogens is 350 g/mol. The van der Waals surface area contributed by atoms with E-state index in [0.717, 1.165) is 10.5 Å². The summed E-state index contributed by atoms with van der Waals surface area (Å²) in [6.45, 7) is 5.11. The number of aromatic nitrogens is 2. The van der Waals surface area contributed by atoms with Crippen LogP contribution in [0.5, 0.6) is 0 Å². The molecule has 0 bridgehead atoms. The van der Waals surface area contributed by atoms with E-state index in [4.69, 9.17) is 0 Å². The fourth-order valence-corrected chi connectivity index (χ4v) is 3.38. The highest BCUT2D eigenvalue weighted by Gasteiger charge is 2.49. The number of hydrogen-bond donors (Lipinski definition) is 4. The zero-order valence-electron chi connectivity index (χ0n) is 15.5. The molecule has 0 aliphatic carbocycles. The monoisotopic (exact) mass is 373 g/mol. The summed E-state index contributed by atoms with van der Waals surface area (Å²) in [5.74, 6) is -0.803. The van der Waals surface area contributed by atoms with Crippen molar-refractivity contribution in [2.45, 2.75) is 45.2 Å². The topological polar surface area (TPSA) is 127 Å². The number of fused-ring (bicyclic) bond motifs is 1. The SMILES string of the molecule is CCC1(CC)NC(=O)N(CC(=O)NC(C)c2ccc3[nH]c(=O)[nH]c3c2)C1=O. The van der Waals surface area contributed by atoms with Crippen LogP contribution in [0.4, 0.5) is 4.79 Å². The summed E-state index contributed by atoms with van der Waals surface area (Å²) in [6.07, 6.45) is 0.939. The maximum atomic E-state index is 12.6. The van der Waals surface area contributed by atoms with E-state index >= 15 is 0 Å². The third kappa shape index (κ3) is 3.32. The maximum Gasteiger partial charge on any atom is 0.325 e. The lowest BCUT2D eigenvalue weighted by atomic mass is 9.93. The van der Waals surface area contributed by atoms with E-state index < -0.39 is 17.5 Å². The smallest absolute Gasteiger partial charge is 0.325 e. The lowest BCUT2D eigenvalue weighted by Gasteiger charge is -2.23. The summed E-state index contributed by atoms with van der Waals surface area (Å²) in [6, 6.07) is 4.41. The Hall–Kier alpha value is -3.10. The molecule has 9 nitrogen and oxygen atoms in total. The Morgan fingerprint density at radius 3 is 2.44 bits per heavy atom. The second kappa shape index (κ2) is 6.90. The molecule has 1 saturated heterocycles. The number of imide groups is 1. The summed E-state index contributed by atoms with van der Waals surface area (Å²) in [4.78, 5) is 54.7. The average molecular weight is 373 g/mol. The van der Waals surface area contributed by atoms with Crippen LogP contribution in [0.2, 0.25) is 0 Å². The van der Waals surface area contributed by atoms with Gasteiger partial charge in [-0.1, -0.05) is 19.9 Å². The van der Waals surface area contributed by atoms with E-state index in [9.17, 15) is 19.2 Å². The Morgan fingerprint density at radius 2 is 1.81 bits per heavy atom. The zero-order valence-corrected chi connectivity index (χ0v) is 15.5. The molecule has 1 fully saturated rings. The van der Waals surface area contributed by atoms with Gasteiger partial charge in [-0.05, 0) is 37.5 Å². The van der Waals surface area contributed by atoms with Crippen molar-refractivity contribution >= 4 is 28.9 Å². The molecule has 1 atom stereocenters. The van der Waals surface area contributed by atoms with Gasteiger partial charge in [0.15, 0.2) is 0 Å². The van der Waals surface area contributed by atoms with Crippen molar-refractivity contribution in [3.05, 3.63) is 34.2 Å². The fourth-order valence-electron chi connectivity index (χ4n) is 3.38. The number of benzene rings is 1. The molecule has 1 aromatic carbocycles. The van der Waals surface area contributed by atoms with Crippen LogP contribution in [0.15, 0.2) is 23.0 Å². The number of carbonyl (C=O) groups excluding carboxylic acids is 3. The second-order valence-corrected chi connectivity index (χ2v) is 6.78. The Balaban J connectivity index is 1.68. The van der Waals surface area contributed by atoms with E-state index in [0.29, 0.717) is 23.9 Å². The van der Waals surface area contributed by atoms with Gasteiger partial charge >= 0.3 is 11.7 Å². The van der Waals surface area contributed by atoms with Crippen LogP contribution in [-0.4, -0.2) is 44.8 Å². The standard InChI is InChI=1S/C18H23N5O4/c1-4-18(5-2)15(25)23(17(27)22-18)9-14(24)19-10(3)11-6-7-12-13(8-11)21-16(26)20-12/h6-8,10H,4-5,9H2,1-3H3,(H,19,24)(H,22,27)(H2,20,21,26). The minimum atomic E-state index is -0.922. The van der Waals surface area contributed by atoms with Crippen molar-refractivity contribution in [3.8, 4) is 0 Å². The van der Waals surface area contributed by atoms with Crippen LogP contribution in [0.3, 0.4) is 0 Å². The van der Waals surface area contributed by atoms with Crippen molar-refractivity contribution in [3.63, 3.8) is 0 Å². The molecule has 2 heterocycles. The molecule has 0 spiro atoms. The lowest BCUT2D eigenvalue weighted by Crippen LogP contribution is -2.46. The normalized spacial score (nSPS) is 17.2. The van der Waals surface area contributed by atoms with Crippen molar-refractivity contribution in [2.24, 2.45) is 0 Å². The predicted octanol–water partition coefficient (Wildman–Crippen LogP) is 1.14. The minimum Gasteiger partial charge on any atom is -0.348 e. The molecule has 1 unspecified atom stereocenters. The van der Waals surface area contributed by atoms with Crippen molar-refractivity contribution in [1.82, 2.24) is 25.5 Å². The van der Waals surface area contributed by atoms with Crippen molar-refractivity contribution in [2.75, 3.05) is 6.54 Å². The zero-order chi connectivity index (χ0) is 19.8. The van der Waals surface area contributed by atoms with E-state index in [1.807, 2.05) is 13.8 Å². The number of amides is 4. The minimum absolute atomic E-state index is 0.298. The van der Waals surface area contributed by atoms with Gasteiger partial charge in [-0.15, -0.1) is 0 Å². The molecule has 3 rings (SSSR count). The van der Waals surface area contributed by atoms with Gasteiger partial charge in [-0.25, -0.2) is 9.59 Å². The fraction of sp³-hybridized carbons (Fsp3) is 0.444. The highest BCUT2D eigenvalue weighted by molar-refractivity contribution is 6.09. The number of nitrogens with zero attached hydrogens (tertiary/aromatic N) is 1. The van der Waals surface area contributed by atoms with Gasteiger partial charge in [0.25, 0.3) is 5.91 Å². The Morgan fingerprint density at radius 1 is 1.15 bits per heavy atom. The molecule has 0 radical (unpaired) electrons. The summed E-state index contributed by atoms with van der Waals surface area (Å²) < 4.78 is 0. The summed E-state index contributed by atoms with van der Waals surface area (Å²) in [7, 11) is 0. The Labute approximate surface area is 155 Å². The summed E-state index contributed by atoms with van der Waals surface area (Å²) in [5, 5.41) is 5.48. The molecule has 144 valence electrons. The van der Waals surface area contributed by atoms with Crippen LogP contribution in [0.25, 0.3) is 11.0 Å². The average Bonchev–Trinajstić information content (AvgIpc) is 3.12. The lowest BCUT2D eigenvalue weighted by molar-refractivity contribution is -0.135. The third-order valence-electron chi connectivity index (χ3n) is 5.17. The number of rotatable bonds is 6. The largest absolute Gasteiger partial charge is 0.348 e. The first-order chi connectivity index (χ1) is 12.8. The van der Waals surface area contributed by atoms with Crippen LogP contribution in [0, 0.1) is 0 Å². The Kier molecular flexibility index (Phi) is 4.77. The molecule has 27 heavy (non-hydrogen) atoms. The molecule has 4 amide bonds. The number of H-pyrrole nitrogens is 2. The Bertz CT molecular complexity index is 956. The first-order valence-electron chi connectivity index (χ1n) is 8.95. The molecule has 2 aromatic rings. The summed E-state index contributed by atoms with van der Waals surface area (Å²) >= 11 is 0. The molecular formula is C18H23N5O4. The van der Waals surface area contributed by atoms with Gasteiger partial charge in [0, 0.05) is 0 Å². The van der Waals surface area contributed by atoms with Gasteiger partial charge in [0.2, 0.25) is 5.91 Å². The molecule has 1 aliphatic heterocycles. The van der Waals surface area contributed by atoms with Gasteiger partial charge in [0.05, 0.1) is 17.1 Å². The van der Waals surface area contributed by atoms with Gasteiger partial charge in [-0.2, -0.15) is 0 Å². The molecule has 4 N–H and O–H groups in total. The van der Waals surface area contributed by atoms with Crippen molar-refractivity contribution in [1.29, 1.82) is 0 Å². The quantitative estimate of drug-likeness (QED) is 0.566. The predicted molar refractivity (Wildman–Crippen MR) is 99.0 cm³/mol. The number of hydrogen-bond acceptors (Lipinski definition) is 4. The number of aromatic amines is 2. The number of imidazole rings is 1. The van der Waals surface area contributed by atoms with Crippen LogP contribution in [-0.2, 0) is 9.59 Å². The van der Waals surface area contributed by atoms with Crippen LogP contribution < -0.4 is 16.3 Å². The molecule has 9 heteroatoms. The first-order valence-corrected chi connectivity index (χ1v) is 8.95. The third-order valence-corrected chi connectivity index (χ3v) is 5.17. The molecule has 0 saturated carbocycles. The second-order valence-electron chi connectivity index (χ2n) is 6.78.